The SMILES string of the molecule is COC(=O)C1CCc2c(C)c(Cl)nc(Cl)c2C1. The molecule has 0 N–H and O–H groups in total. The quantitative estimate of drug-likeness (QED) is 0.583. The lowest BCUT2D eigenvalue weighted by molar-refractivity contribution is -0.145. The molecule has 0 fully saturated rings. The van der Waals surface area contributed by atoms with Crippen molar-refractivity contribution in [2.45, 2.75) is 26.2 Å². The Kier molecular flexibility index (Phi) is 3.59. The second kappa shape index (κ2) is 4.83. The lowest BCUT2D eigenvalue weighted by atomic mass is 9.83. The zero-order valence-electron chi connectivity index (χ0n) is 9.72. The van der Waals surface area contributed by atoms with Gasteiger partial charge in [-0.15, -0.1) is 0 Å². The van der Waals surface area contributed by atoms with E-state index >= 15 is 0 Å². The van der Waals surface area contributed by atoms with Crippen LogP contribution in [0.25, 0.3) is 0 Å². The highest BCUT2D eigenvalue weighted by molar-refractivity contribution is 6.33. The minimum absolute atomic E-state index is 0.118. The molecule has 1 aromatic rings. The van der Waals surface area contributed by atoms with Crippen molar-refractivity contribution < 1.29 is 9.53 Å². The minimum Gasteiger partial charge on any atom is -0.469 e. The number of ether oxygens (including phenoxy) is 1. The number of fused-ring (bicyclic) bond motifs is 1. The summed E-state index contributed by atoms with van der Waals surface area (Å²) in [6.07, 6.45) is 2.16. The summed E-state index contributed by atoms with van der Waals surface area (Å²) >= 11 is 12.1. The topological polar surface area (TPSA) is 39.2 Å². The fraction of sp³-hybridized carbons (Fsp3) is 0.500. The van der Waals surface area contributed by atoms with Crippen molar-refractivity contribution in [3.63, 3.8) is 0 Å². The van der Waals surface area contributed by atoms with Crippen molar-refractivity contribution in [3.8, 4) is 0 Å². The van der Waals surface area contributed by atoms with E-state index in [1.54, 1.807) is 0 Å². The zero-order chi connectivity index (χ0) is 12.6. The van der Waals surface area contributed by atoms with E-state index in [-0.39, 0.29) is 11.9 Å². The Bertz CT molecular complexity index is 474. The van der Waals surface area contributed by atoms with Gasteiger partial charge in [-0.2, -0.15) is 0 Å². The molecule has 0 spiro atoms. The number of hydrogen-bond acceptors (Lipinski definition) is 3. The lowest BCUT2D eigenvalue weighted by Crippen LogP contribution is -2.24. The molecule has 92 valence electrons. The van der Waals surface area contributed by atoms with Crippen LogP contribution in [0.15, 0.2) is 0 Å². The highest BCUT2D eigenvalue weighted by Crippen LogP contribution is 2.34. The number of halogens is 2. The maximum absolute atomic E-state index is 11.5. The molecular weight excluding hydrogens is 261 g/mol. The average molecular weight is 274 g/mol. The molecule has 0 aromatic carbocycles. The molecule has 0 saturated heterocycles. The maximum atomic E-state index is 11.5. The molecule has 0 aliphatic heterocycles. The van der Waals surface area contributed by atoms with Crippen LogP contribution < -0.4 is 0 Å². The van der Waals surface area contributed by atoms with Crippen molar-refractivity contribution in [2.24, 2.45) is 5.92 Å². The van der Waals surface area contributed by atoms with E-state index in [4.69, 9.17) is 27.9 Å². The van der Waals surface area contributed by atoms with Gasteiger partial charge in [-0.05, 0) is 42.9 Å². The van der Waals surface area contributed by atoms with E-state index < -0.39 is 0 Å². The average Bonchev–Trinajstić information content (AvgIpc) is 2.34. The Morgan fingerprint density at radius 1 is 1.35 bits per heavy atom. The lowest BCUT2D eigenvalue weighted by Gasteiger charge is -2.25. The Morgan fingerprint density at radius 2 is 2.06 bits per heavy atom. The van der Waals surface area contributed by atoms with E-state index in [9.17, 15) is 4.79 Å². The van der Waals surface area contributed by atoms with Gasteiger partial charge in [0.2, 0.25) is 0 Å². The van der Waals surface area contributed by atoms with Crippen molar-refractivity contribution in [1.82, 2.24) is 4.98 Å². The first-order valence-electron chi connectivity index (χ1n) is 5.45. The molecule has 0 bridgehead atoms. The Balaban J connectivity index is 2.39. The van der Waals surface area contributed by atoms with Crippen LogP contribution in [-0.2, 0) is 22.4 Å². The third-order valence-electron chi connectivity index (χ3n) is 3.30. The van der Waals surface area contributed by atoms with Gasteiger partial charge in [0.15, 0.2) is 0 Å². The van der Waals surface area contributed by atoms with E-state index in [0.717, 1.165) is 29.5 Å². The monoisotopic (exact) mass is 273 g/mol. The predicted molar refractivity (Wildman–Crippen MR) is 66.5 cm³/mol. The van der Waals surface area contributed by atoms with Crippen LogP contribution >= 0.6 is 23.2 Å². The molecule has 3 nitrogen and oxygen atoms in total. The molecule has 17 heavy (non-hydrogen) atoms. The fourth-order valence-electron chi connectivity index (χ4n) is 2.29. The highest BCUT2D eigenvalue weighted by atomic mass is 35.5. The number of aromatic nitrogens is 1. The number of methoxy groups -OCH3 is 1. The highest BCUT2D eigenvalue weighted by Gasteiger charge is 2.29. The summed E-state index contributed by atoms with van der Waals surface area (Å²) in [6, 6.07) is 0. The fourth-order valence-corrected chi connectivity index (χ4v) is 2.81. The molecule has 1 atom stereocenters. The number of carbonyl (C=O) groups excluding carboxylic acids is 1. The number of pyridine rings is 1. The van der Waals surface area contributed by atoms with Gasteiger partial charge in [0.05, 0.1) is 13.0 Å². The summed E-state index contributed by atoms with van der Waals surface area (Å²) in [7, 11) is 1.41. The van der Waals surface area contributed by atoms with Gasteiger partial charge < -0.3 is 4.74 Å². The first-order valence-corrected chi connectivity index (χ1v) is 6.21. The number of esters is 1. The Labute approximate surface area is 110 Å². The third kappa shape index (κ3) is 2.26. The minimum atomic E-state index is -0.181. The van der Waals surface area contributed by atoms with E-state index in [0.29, 0.717) is 16.7 Å². The van der Waals surface area contributed by atoms with E-state index in [2.05, 4.69) is 4.98 Å². The maximum Gasteiger partial charge on any atom is 0.309 e. The largest absolute Gasteiger partial charge is 0.469 e. The molecule has 1 aliphatic carbocycles. The van der Waals surface area contributed by atoms with Crippen LogP contribution in [0.4, 0.5) is 0 Å². The standard InChI is InChI=1S/C12H13Cl2NO2/c1-6-8-4-3-7(12(16)17-2)5-9(8)11(14)15-10(6)13/h7H,3-5H2,1-2H3. The second-order valence-electron chi connectivity index (χ2n) is 4.24. The van der Waals surface area contributed by atoms with Crippen molar-refractivity contribution in [1.29, 1.82) is 0 Å². The number of carbonyl (C=O) groups is 1. The predicted octanol–water partition coefficient (Wildman–Crippen LogP) is 2.97. The van der Waals surface area contributed by atoms with Gasteiger partial charge in [0, 0.05) is 0 Å². The normalized spacial score (nSPS) is 18.7. The van der Waals surface area contributed by atoms with Gasteiger partial charge in [-0.25, -0.2) is 4.98 Å². The Morgan fingerprint density at radius 3 is 2.71 bits per heavy atom. The van der Waals surface area contributed by atoms with Crippen LogP contribution in [0.2, 0.25) is 10.3 Å². The van der Waals surface area contributed by atoms with Crippen molar-refractivity contribution in [2.75, 3.05) is 7.11 Å². The number of nitrogens with zero attached hydrogens (tertiary/aromatic N) is 1. The van der Waals surface area contributed by atoms with Gasteiger partial charge in [0.1, 0.15) is 10.3 Å². The van der Waals surface area contributed by atoms with Crippen LogP contribution in [0.5, 0.6) is 0 Å². The summed E-state index contributed by atoms with van der Waals surface area (Å²) in [4.78, 5) is 15.6. The van der Waals surface area contributed by atoms with Crippen LogP contribution in [0, 0.1) is 12.8 Å². The Hall–Kier alpha value is -0.800. The summed E-state index contributed by atoms with van der Waals surface area (Å²) in [5, 5.41) is 0.856. The van der Waals surface area contributed by atoms with Gasteiger partial charge in [-0.1, -0.05) is 23.2 Å². The first kappa shape index (κ1) is 12.7. The molecule has 0 radical (unpaired) electrons. The number of rotatable bonds is 1. The molecule has 1 aromatic heterocycles. The third-order valence-corrected chi connectivity index (χ3v) is 3.98. The summed E-state index contributed by atoms with van der Waals surface area (Å²) in [5.74, 6) is -0.299. The molecule has 2 rings (SSSR count). The molecular formula is C12H13Cl2NO2. The summed E-state index contributed by atoms with van der Waals surface area (Å²) < 4.78 is 4.77. The molecule has 1 unspecified atom stereocenters. The van der Waals surface area contributed by atoms with Crippen LogP contribution in [0.1, 0.15) is 23.1 Å². The molecule has 1 aliphatic rings. The van der Waals surface area contributed by atoms with Crippen LogP contribution in [0.3, 0.4) is 0 Å². The zero-order valence-corrected chi connectivity index (χ0v) is 11.2. The van der Waals surface area contributed by atoms with Gasteiger partial charge >= 0.3 is 5.97 Å². The molecule has 1 heterocycles. The molecule has 0 amide bonds. The van der Waals surface area contributed by atoms with Gasteiger partial charge in [0.25, 0.3) is 0 Å². The van der Waals surface area contributed by atoms with E-state index in [1.165, 1.54) is 7.11 Å². The smallest absolute Gasteiger partial charge is 0.309 e. The summed E-state index contributed by atoms with van der Waals surface area (Å²) in [6.45, 7) is 1.93. The summed E-state index contributed by atoms with van der Waals surface area (Å²) in [5.41, 5.74) is 3.04. The molecule has 5 heteroatoms. The first-order chi connectivity index (χ1) is 8.04. The van der Waals surface area contributed by atoms with Crippen molar-refractivity contribution >= 4 is 29.2 Å². The van der Waals surface area contributed by atoms with Gasteiger partial charge in [-0.3, -0.25) is 4.79 Å². The van der Waals surface area contributed by atoms with E-state index in [1.807, 2.05) is 6.92 Å². The second-order valence-corrected chi connectivity index (χ2v) is 4.95. The number of hydrogen-bond donors (Lipinski definition) is 0. The van der Waals surface area contributed by atoms with Crippen molar-refractivity contribution in [3.05, 3.63) is 27.0 Å². The molecule has 0 saturated carbocycles. The van der Waals surface area contributed by atoms with Crippen LogP contribution in [-0.4, -0.2) is 18.1 Å².